The maximum Gasteiger partial charge on any atom is 0.344 e. The monoisotopic (exact) mass is 283 g/mol. The summed E-state index contributed by atoms with van der Waals surface area (Å²) in [5, 5.41) is 3.33. The molecule has 8 nitrogen and oxygen atoms in total. The van der Waals surface area contributed by atoms with Gasteiger partial charge in [0.15, 0.2) is 6.61 Å². The van der Waals surface area contributed by atoms with Crippen LogP contribution in [0.5, 0.6) is 0 Å². The van der Waals surface area contributed by atoms with E-state index in [-0.39, 0.29) is 0 Å². The Morgan fingerprint density at radius 1 is 1.30 bits per heavy atom. The number of imide groups is 1. The van der Waals surface area contributed by atoms with E-state index in [1.807, 2.05) is 0 Å². The van der Waals surface area contributed by atoms with Crippen LogP contribution in [-0.4, -0.2) is 41.0 Å². The molecule has 2 aliphatic rings. The molecule has 2 rings (SSSR count). The summed E-state index contributed by atoms with van der Waals surface area (Å²) in [7, 11) is 0. The molecule has 4 amide bonds. The number of esters is 1. The molecule has 0 atom stereocenters. The summed E-state index contributed by atoms with van der Waals surface area (Å²) in [5.74, 6) is -1.78. The molecule has 0 unspecified atom stereocenters. The first-order valence-corrected chi connectivity index (χ1v) is 6.54. The van der Waals surface area contributed by atoms with Crippen molar-refractivity contribution in [1.29, 1.82) is 0 Å². The summed E-state index contributed by atoms with van der Waals surface area (Å²) in [6, 6.07) is -0.645. The fraction of sp³-hybridized carbons (Fsp3) is 0.667. The van der Waals surface area contributed by atoms with E-state index in [0.717, 1.165) is 26.2 Å². The van der Waals surface area contributed by atoms with E-state index < -0.39 is 36.0 Å². The quantitative estimate of drug-likeness (QED) is 0.553. The molecular weight excluding hydrogens is 266 g/mol. The highest BCUT2D eigenvalue weighted by Crippen LogP contribution is 2.32. The summed E-state index contributed by atoms with van der Waals surface area (Å²) >= 11 is 0. The summed E-state index contributed by atoms with van der Waals surface area (Å²) in [4.78, 5) is 46.2. The van der Waals surface area contributed by atoms with Crippen LogP contribution < -0.4 is 10.7 Å². The Morgan fingerprint density at radius 2 is 1.95 bits per heavy atom. The van der Waals surface area contributed by atoms with Crippen molar-refractivity contribution in [3.8, 4) is 0 Å². The fourth-order valence-electron chi connectivity index (χ4n) is 2.54. The van der Waals surface area contributed by atoms with Gasteiger partial charge in [-0.3, -0.25) is 19.8 Å². The van der Waals surface area contributed by atoms with Gasteiger partial charge < -0.3 is 10.1 Å². The number of nitrogens with zero attached hydrogens (tertiary/aromatic N) is 1. The van der Waals surface area contributed by atoms with Crippen molar-refractivity contribution in [3.63, 3.8) is 0 Å². The number of hydrogen-bond acceptors (Lipinski definition) is 5. The lowest BCUT2D eigenvalue weighted by molar-refractivity contribution is -0.149. The zero-order valence-corrected chi connectivity index (χ0v) is 11.2. The van der Waals surface area contributed by atoms with Gasteiger partial charge in [-0.1, -0.05) is 19.3 Å². The lowest BCUT2D eigenvalue weighted by Gasteiger charge is -2.30. The molecule has 2 fully saturated rings. The zero-order valence-electron chi connectivity index (χ0n) is 11.2. The average molecular weight is 283 g/mol. The van der Waals surface area contributed by atoms with Crippen molar-refractivity contribution in [1.82, 2.24) is 15.8 Å². The van der Waals surface area contributed by atoms with Gasteiger partial charge >= 0.3 is 12.0 Å². The number of amides is 4. The third-order valence-corrected chi connectivity index (χ3v) is 3.51. The standard InChI is InChI=1S/C12H17N3O5/c1-8(16)20-7-9(17)14-15-10(18)12(13-11(15)19)5-3-2-4-6-12/h2-7H2,1H3,(H,13,19)(H,14,17). The topological polar surface area (TPSA) is 105 Å². The van der Waals surface area contributed by atoms with Gasteiger partial charge in [0, 0.05) is 6.92 Å². The number of hydrogen-bond donors (Lipinski definition) is 2. The Kier molecular flexibility index (Phi) is 3.91. The Bertz CT molecular complexity index is 456. The molecule has 1 saturated carbocycles. The summed E-state index contributed by atoms with van der Waals surface area (Å²) in [5.41, 5.74) is 1.28. The molecule has 110 valence electrons. The van der Waals surface area contributed by atoms with Gasteiger partial charge in [-0.25, -0.2) is 4.79 Å². The predicted molar refractivity (Wildman–Crippen MR) is 66.0 cm³/mol. The number of urea groups is 1. The van der Waals surface area contributed by atoms with Crippen LogP contribution in [-0.2, 0) is 19.1 Å². The molecule has 1 heterocycles. The Hall–Kier alpha value is -2.12. The highest BCUT2D eigenvalue weighted by atomic mass is 16.5. The first kappa shape index (κ1) is 14.3. The zero-order chi connectivity index (χ0) is 14.8. The molecule has 8 heteroatoms. The maximum atomic E-state index is 12.3. The molecule has 2 N–H and O–H groups in total. The molecule has 1 aliphatic carbocycles. The SMILES string of the molecule is CC(=O)OCC(=O)NN1C(=O)NC2(CCCCC2)C1=O. The molecule has 1 aliphatic heterocycles. The van der Waals surface area contributed by atoms with Crippen LogP contribution in [0.4, 0.5) is 4.79 Å². The van der Waals surface area contributed by atoms with Gasteiger partial charge in [-0.2, -0.15) is 5.01 Å². The van der Waals surface area contributed by atoms with Crippen LogP contribution in [0.25, 0.3) is 0 Å². The minimum atomic E-state index is -0.885. The van der Waals surface area contributed by atoms with Crippen molar-refractivity contribution >= 4 is 23.8 Å². The third kappa shape index (κ3) is 2.73. The molecule has 20 heavy (non-hydrogen) atoms. The van der Waals surface area contributed by atoms with E-state index in [1.165, 1.54) is 0 Å². The number of ether oxygens (including phenoxy) is 1. The Balaban J connectivity index is 1.98. The van der Waals surface area contributed by atoms with E-state index in [2.05, 4.69) is 15.5 Å². The van der Waals surface area contributed by atoms with Gasteiger partial charge in [0.2, 0.25) is 0 Å². The number of carbonyl (C=O) groups excluding carboxylic acids is 4. The predicted octanol–water partition coefficient (Wildman–Crippen LogP) is -0.165. The van der Waals surface area contributed by atoms with E-state index in [4.69, 9.17) is 0 Å². The lowest BCUT2D eigenvalue weighted by atomic mass is 9.82. The van der Waals surface area contributed by atoms with Crippen LogP contribution in [0, 0.1) is 0 Å². The second-order valence-corrected chi connectivity index (χ2v) is 5.03. The fourth-order valence-corrected chi connectivity index (χ4v) is 2.54. The largest absolute Gasteiger partial charge is 0.456 e. The molecule has 0 radical (unpaired) electrons. The van der Waals surface area contributed by atoms with Crippen LogP contribution >= 0.6 is 0 Å². The van der Waals surface area contributed by atoms with Gasteiger partial charge in [0.25, 0.3) is 11.8 Å². The van der Waals surface area contributed by atoms with Crippen molar-refractivity contribution in [2.75, 3.05) is 6.61 Å². The van der Waals surface area contributed by atoms with Gasteiger partial charge in [0.05, 0.1) is 0 Å². The summed E-state index contributed by atoms with van der Waals surface area (Å²) < 4.78 is 4.50. The van der Waals surface area contributed by atoms with Gasteiger partial charge in [-0.05, 0) is 12.8 Å². The minimum Gasteiger partial charge on any atom is -0.456 e. The highest BCUT2D eigenvalue weighted by molar-refractivity contribution is 6.08. The minimum absolute atomic E-state index is 0.446. The van der Waals surface area contributed by atoms with Crippen LogP contribution in [0.1, 0.15) is 39.0 Å². The van der Waals surface area contributed by atoms with E-state index in [9.17, 15) is 19.2 Å². The van der Waals surface area contributed by atoms with Crippen LogP contribution in [0.15, 0.2) is 0 Å². The molecule has 1 saturated heterocycles. The highest BCUT2D eigenvalue weighted by Gasteiger charge is 2.52. The number of nitrogens with one attached hydrogen (secondary N) is 2. The van der Waals surface area contributed by atoms with Gasteiger partial charge in [0.1, 0.15) is 5.54 Å². The van der Waals surface area contributed by atoms with Crippen LogP contribution in [0.3, 0.4) is 0 Å². The summed E-state index contributed by atoms with van der Waals surface area (Å²) in [6.07, 6.45) is 3.91. The van der Waals surface area contributed by atoms with Crippen molar-refractivity contribution in [2.45, 2.75) is 44.6 Å². The lowest BCUT2D eigenvalue weighted by Crippen LogP contribution is -2.51. The molecule has 1 spiro atoms. The van der Waals surface area contributed by atoms with Crippen molar-refractivity contribution in [3.05, 3.63) is 0 Å². The normalized spacial score (nSPS) is 20.8. The van der Waals surface area contributed by atoms with E-state index >= 15 is 0 Å². The Labute approximate surface area is 115 Å². The van der Waals surface area contributed by atoms with Crippen LogP contribution in [0.2, 0.25) is 0 Å². The molecule has 0 bridgehead atoms. The summed E-state index contributed by atoms with van der Waals surface area (Å²) in [6.45, 7) is 0.636. The van der Waals surface area contributed by atoms with E-state index in [0.29, 0.717) is 17.9 Å². The number of rotatable bonds is 3. The Morgan fingerprint density at radius 3 is 2.55 bits per heavy atom. The number of hydrazine groups is 1. The maximum absolute atomic E-state index is 12.3. The first-order chi connectivity index (χ1) is 9.44. The first-order valence-electron chi connectivity index (χ1n) is 6.54. The van der Waals surface area contributed by atoms with E-state index in [1.54, 1.807) is 0 Å². The third-order valence-electron chi connectivity index (χ3n) is 3.51. The van der Waals surface area contributed by atoms with Crippen molar-refractivity contribution in [2.24, 2.45) is 0 Å². The second kappa shape index (κ2) is 5.48. The average Bonchev–Trinajstić information content (AvgIpc) is 2.62. The van der Waals surface area contributed by atoms with Gasteiger partial charge in [-0.15, -0.1) is 0 Å². The molecule has 0 aromatic rings. The molecule has 0 aromatic heterocycles. The second-order valence-electron chi connectivity index (χ2n) is 5.03. The van der Waals surface area contributed by atoms with Crippen molar-refractivity contribution < 1.29 is 23.9 Å². The molecule has 0 aromatic carbocycles. The number of carbonyl (C=O) groups is 4. The smallest absolute Gasteiger partial charge is 0.344 e. The molecular formula is C12H17N3O5.